The van der Waals surface area contributed by atoms with Gasteiger partial charge < -0.3 is 43.3 Å². The molecule has 0 aromatic carbocycles. The molecule has 0 bridgehead atoms. The van der Waals surface area contributed by atoms with Gasteiger partial charge in [0.15, 0.2) is 13.1 Å². The summed E-state index contributed by atoms with van der Waals surface area (Å²) < 4.78 is 0.963. The van der Waals surface area contributed by atoms with Gasteiger partial charge in [-0.15, -0.1) is 0 Å². The fourth-order valence-corrected chi connectivity index (χ4v) is 0.812. The summed E-state index contributed by atoms with van der Waals surface area (Å²) in [5, 5.41) is 16.5. The lowest BCUT2D eigenvalue weighted by Crippen LogP contribution is -3.00. The predicted molar refractivity (Wildman–Crippen MR) is 69.6 cm³/mol. The zero-order chi connectivity index (χ0) is 15.6. The van der Waals surface area contributed by atoms with Crippen LogP contribution < -0.4 is 18.2 Å². The summed E-state index contributed by atoms with van der Waals surface area (Å²) in [5.41, 5.74) is 0. The normalized spacial score (nSPS) is 9.89. The molecule has 9 heteroatoms. The summed E-state index contributed by atoms with van der Waals surface area (Å²) in [6.45, 7) is 0.361. The second-order valence-corrected chi connectivity index (χ2v) is 5.68. The molecule has 0 saturated carbocycles. The smallest absolute Gasteiger partial charge is 0.359 e. The molecule has 8 nitrogen and oxygen atoms in total. The summed E-state index contributed by atoms with van der Waals surface area (Å²) in [4.78, 5) is 20.0. The zero-order valence-electron chi connectivity index (χ0n) is 12.5. The number of nitrogens with two attached hydrogens (primary N) is 1. The van der Waals surface area contributed by atoms with Crippen molar-refractivity contribution in [2.45, 2.75) is 0 Å². The summed E-state index contributed by atoms with van der Waals surface area (Å²) in [6, 6.07) is 0. The van der Waals surface area contributed by atoms with Crippen LogP contribution in [0.1, 0.15) is 0 Å². The average molecular weight is 303 g/mol. The van der Waals surface area contributed by atoms with Crippen molar-refractivity contribution in [2.75, 3.05) is 55.4 Å². The van der Waals surface area contributed by atoms with Crippen molar-refractivity contribution in [3.8, 4) is 0 Å². The molecule has 19 heavy (non-hydrogen) atoms. The molecule has 0 aromatic heterocycles. The Morgan fingerprint density at radius 3 is 1.00 bits per heavy atom. The minimum Gasteiger partial charge on any atom is -1.00 e. The number of carboxylic acids is 2. The standard InChI is InChI=1S/2C5H11NO2.ClH.H3N2/c2*1-6(2,3)4-5(7)8;;1-2/h2*4H2,1-3H3;1H;1H,2H2/q;;;-1/p+1. The molecule has 0 fully saturated rings. The minimum atomic E-state index is -0.752. The van der Waals surface area contributed by atoms with E-state index in [1.54, 1.807) is 0 Å². The van der Waals surface area contributed by atoms with Crippen LogP contribution in [0.5, 0.6) is 0 Å². The van der Waals surface area contributed by atoms with Crippen LogP contribution in [-0.2, 0) is 9.59 Å². The second-order valence-electron chi connectivity index (χ2n) is 5.68. The monoisotopic (exact) mass is 302 g/mol. The molecule has 0 amide bonds. The summed E-state index contributed by atoms with van der Waals surface area (Å²) in [7, 11) is 11.0. The van der Waals surface area contributed by atoms with Crippen LogP contribution in [0.25, 0.3) is 5.84 Å². The van der Waals surface area contributed by atoms with E-state index in [2.05, 4.69) is 5.84 Å². The van der Waals surface area contributed by atoms with Gasteiger partial charge in [-0.3, -0.25) is 0 Å². The Balaban J connectivity index is -0.0000000999. The first-order valence-corrected chi connectivity index (χ1v) is 5.17. The molecule has 0 heterocycles. The van der Waals surface area contributed by atoms with Crippen molar-refractivity contribution < 1.29 is 41.2 Å². The van der Waals surface area contributed by atoms with Gasteiger partial charge in [-0.2, -0.15) is 0 Å². The van der Waals surface area contributed by atoms with E-state index in [1.165, 1.54) is 0 Å². The van der Waals surface area contributed by atoms with Crippen LogP contribution in [0.3, 0.4) is 0 Å². The number of rotatable bonds is 4. The lowest BCUT2D eigenvalue weighted by molar-refractivity contribution is -0.862. The number of halogens is 1. The Kier molecular flexibility index (Phi) is 17.0. The van der Waals surface area contributed by atoms with Gasteiger partial charge in [0.1, 0.15) is 0 Å². The van der Waals surface area contributed by atoms with Crippen molar-refractivity contribution in [2.24, 2.45) is 5.84 Å². The van der Waals surface area contributed by atoms with Gasteiger partial charge in [-0.05, 0) is 0 Å². The molecule has 0 saturated heterocycles. The van der Waals surface area contributed by atoms with Gasteiger partial charge in [-0.25, -0.2) is 9.59 Å². The highest BCUT2D eigenvalue weighted by molar-refractivity contribution is 5.68. The highest BCUT2D eigenvalue weighted by Crippen LogP contribution is 1.87. The highest BCUT2D eigenvalue weighted by Gasteiger charge is 2.11. The highest BCUT2D eigenvalue weighted by atomic mass is 35.5. The maximum absolute atomic E-state index is 10.00. The van der Waals surface area contributed by atoms with E-state index in [-0.39, 0.29) is 25.5 Å². The minimum absolute atomic E-state index is 0. The molecule has 5 N–H and O–H groups in total. The summed E-state index contributed by atoms with van der Waals surface area (Å²) in [5.74, 6) is 7.50. The number of carboxylic acid groups (broad SMARTS) is 2. The molecular weight excluding hydrogens is 276 g/mol. The second kappa shape index (κ2) is 12.1. The third-order valence-electron chi connectivity index (χ3n) is 1.22. The first-order chi connectivity index (χ1) is 7.83. The van der Waals surface area contributed by atoms with E-state index in [0.717, 1.165) is 0 Å². The Morgan fingerprint density at radius 2 is 1.00 bits per heavy atom. The largest absolute Gasteiger partial charge is 1.00 e. The molecule has 0 spiro atoms. The van der Waals surface area contributed by atoms with Gasteiger partial charge in [0.25, 0.3) is 0 Å². The van der Waals surface area contributed by atoms with Crippen LogP contribution in [-0.4, -0.2) is 86.5 Å². The number of nitrogens with one attached hydrogen (secondary N) is 1. The maximum atomic E-state index is 10.00. The lowest BCUT2D eigenvalue weighted by Gasteiger charge is -2.20. The van der Waals surface area contributed by atoms with Crippen molar-refractivity contribution in [3.63, 3.8) is 0 Å². The number of aliphatic carboxylic acids is 2. The number of likely N-dealkylation sites (N-methyl/N-ethyl adjacent to an activating group) is 2. The molecule has 0 aliphatic heterocycles. The van der Waals surface area contributed by atoms with E-state index in [9.17, 15) is 9.59 Å². The van der Waals surface area contributed by atoms with Crippen molar-refractivity contribution in [3.05, 3.63) is 5.84 Å². The fraction of sp³-hybridized carbons (Fsp3) is 0.800. The third-order valence-corrected chi connectivity index (χ3v) is 1.22. The van der Waals surface area contributed by atoms with Gasteiger partial charge in [0, 0.05) is 0 Å². The van der Waals surface area contributed by atoms with Crippen LogP contribution in [0, 0.1) is 0 Å². The number of quaternary nitrogens is 2. The van der Waals surface area contributed by atoms with E-state index < -0.39 is 11.9 Å². The number of nitrogens with zero attached hydrogens (tertiary/aromatic N) is 2. The number of hydrogen-bond acceptors (Lipinski definition) is 3. The molecule has 0 atom stereocenters. The van der Waals surface area contributed by atoms with Crippen molar-refractivity contribution >= 4 is 11.9 Å². The lowest BCUT2D eigenvalue weighted by atomic mass is 10.5. The van der Waals surface area contributed by atoms with Crippen LogP contribution >= 0.6 is 0 Å². The Bertz CT molecular complexity index is 223. The third kappa shape index (κ3) is 47.1. The molecular formula is C10H27ClN4O4. The summed E-state index contributed by atoms with van der Waals surface area (Å²) >= 11 is 0. The maximum Gasteiger partial charge on any atom is 0.359 e. The quantitative estimate of drug-likeness (QED) is 0.282. The van der Waals surface area contributed by atoms with Gasteiger partial charge in [0.05, 0.1) is 42.3 Å². The molecule has 0 aliphatic carbocycles. The number of hydrogen-bond donors (Lipinski definition) is 3. The Morgan fingerprint density at radius 1 is 0.842 bits per heavy atom. The Hall–Kier alpha value is -0.930. The summed E-state index contributed by atoms with van der Waals surface area (Å²) in [6.07, 6.45) is 0. The topological polar surface area (TPSA) is 124 Å². The van der Waals surface area contributed by atoms with Gasteiger partial charge in [0.2, 0.25) is 0 Å². The fourth-order valence-electron chi connectivity index (χ4n) is 0.812. The van der Waals surface area contributed by atoms with Crippen molar-refractivity contribution in [1.82, 2.24) is 0 Å². The van der Waals surface area contributed by atoms with Gasteiger partial charge in [-0.1, -0.05) is 0 Å². The first kappa shape index (κ1) is 26.6. The van der Waals surface area contributed by atoms with Crippen LogP contribution in [0.2, 0.25) is 0 Å². The van der Waals surface area contributed by atoms with Crippen molar-refractivity contribution in [1.29, 1.82) is 0 Å². The first-order valence-electron chi connectivity index (χ1n) is 5.17. The zero-order valence-corrected chi connectivity index (χ0v) is 13.2. The van der Waals surface area contributed by atoms with Crippen LogP contribution in [0.4, 0.5) is 0 Å². The molecule has 118 valence electrons. The molecule has 0 rings (SSSR count). The molecule has 0 aromatic rings. The molecule has 0 aliphatic rings. The van der Waals surface area contributed by atoms with E-state index >= 15 is 0 Å². The Labute approximate surface area is 121 Å². The number of carbonyl (C=O) groups is 2. The average Bonchev–Trinajstić information content (AvgIpc) is 1.98. The molecule has 0 unspecified atom stereocenters. The SMILES string of the molecule is C[N+](C)(C)CC(=O)O.C[N+](C)(C)CC(=O)O.[Cl-].[NH-]N. The predicted octanol–water partition coefficient (Wildman–Crippen LogP) is -3.53. The van der Waals surface area contributed by atoms with Crippen LogP contribution in [0.15, 0.2) is 0 Å². The molecule has 0 radical (unpaired) electrons. The van der Waals surface area contributed by atoms with E-state index in [4.69, 9.17) is 16.1 Å². The van der Waals surface area contributed by atoms with E-state index in [1.807, 2.05) is 42.3 Å². The van der Waals surface area contributed by atoms with Gasteiger partial charge >= 0.3 is 11.9 Å². The van der Waals surface area contributed by atoms with E-state index in [0.29, 0.717) is 8.97 Å².